The molecule has 0 saturated carbocycles. The summed E-state index contributed by atoms with van der Waals surface area (Å²) in [4.78, 5) is 4.11. The fraction of sp³-hybridized carbons (Fsp3) is 0.417. The van der Waals surface area contributed by atoms with Crippen molar-refractivity contribution >= 4 is 40.6 Å². The third-order valence-corrected chi connectivity index (χ3v) is 3.72. The molecule has 0 unspecified atom stereocenters. The van der Waals surface area contributed by atoms with E-state index in [-0.39, 0.29) is 5.15 Å². The quantitative estimate of drug-likeness (QED) is 0.627. The third-order valence-electron chi connectivity index (χ3n) is 2.76. The highest BCUT2D eigenvalue weighted by molar-refractivity contribution is 6.42. The Balaban J connectivity index is 1.92. The van der Waals surface area contributed by atoms with Crippen LogP contribution in [-0.4, -0.2) is 11.5 Å². The fourth-order valence-electron chi connectivity index (χ4n) is 1.87. The van der Waals surface area contributed by atoms with Crippen molar-refractivity contribution in [1.82, 2.24) is 4.98 Å². The molecule has 2 nitrogen and oxygen atoms in total. The van der Waals surface area contributed by atoms with E-state index in [1.165, 1.54) is 24.8 Å². The average Bonchev–Trinajstić information content (AvgIpc) is 2.78. The Hall–Kier alpha value is -0.440. The number of nitrogens with zero attached hydrogens (tertiary/aromatic N) is 1. The van der Waals surface area contributed by atoms with E-state index in [4.69, 9.17) is 34.8 Å². The van der Waals surface area contributed by atoms with Gasteiger partial charge in [-0.15, -0.1) is 0 Å². The molecule has 0 amide bonds. The number of halogens is 3. The highest BCUT2D eigenvalue weighted by Gasteiger charge is 2.08. The minimum atomic E-state index is 0.277. The topological polar surface area (TPSA) is 24.9 Å². The third kappa shape index (κ3) is 3.51. The lowest BCUT2D eigenvalue weighted by atomic mass is 10.2. The molecule has 5 heteroatoms. The summed E-state index contributed by atoms with van der Waals surface area (Å²) in [7, 11) is 0. The van der Waals surface area contributed by atoms with Crippen LogP contribution in [0.3, 0.4) is 0 Å². The van der Waals surface area contributed by atoms with Crippen LogP contribution in [0.5, 0.6) is 0 Å². The molecule has 0 saturated heterocycles. The Morgan fingerprint density at radius 2 is 2.06 bits per heavy atom. The zero-order valence-corrected chi connectivity index (χ0v) is 11.5. The van der Waals surface area contributed by atoms with E-state index in [2.05, 4.69) is 16.4 Å². The maximum atomic E-state index is 6.01. The molecule has 2 rings (SSSR count). The van der Waals surface area contributed by atoms with Gasteiger partial charge in [0, 0.05) is 6.54 Å². The van der Waals surface area contributed by atoms with Crippen molar-refractivity contribution in [3.8, 4) is 0 Å². The van der Waals surface area contributed by atoms with Crippen molar-refractivity contribution in [3.63, 3.8) is 0 Å². The maximum Gasteiger partial charge on any atom is 0.150 e. The Morgan fingerprint density at radius 1 is 1.24 bits per heavy atom. The Labute approximate surface area is 116 Å². The molecule has 1 N–H and O–H groups in total. The largest absolute Gasteiger partial charge is 0.368 e. The molecular formula is C12H13Cl3N2. The highest BCUT2D eigenvalue weighted by Crippen LogP contribution is 2.29. The van der Waals surface area contributed by atoms with Gasteiger partial charge in [0.1, 0.15) is 11.0 Å². The summed E-state index contributed by atoms with van der Waals surface area (Å²) in [6.45, 7) is 0.816. The molecule has 17 heavy (non-hydrogen) atoms. The van der Waals surface area contributed by atoms with Gasteiger partial charge in [0.2, 0.25) is 0 Å². The smallest absolute Gasteiger partial charge is 0.150 e. The summed E-state index contributed by atoms with van der Waals surface area (Å²) in [5.41, 5.74) is 1.51. The summed E-state index contributed by atoms with van der Waals surface area (Å²) in [5, 5.41) is 4.33. The van der Waals surface area contributed by atoms with E-state index in [0.717, 1.165) is 13.0 Å². The van der Waals surface area contributed by atoms with Crippen molar-refractivity contribution in [2.24, 2.45) is 0 Å². The summed E-state index contributed by atoms with van der Waals surface area (Å²) in [5.74, 6) is 0.597. The Kier molecular flexibility index (Phi) is 4.55. The van der Waals surface area contributed by atoms with E-state index in [1.807, 2.05) is 0 Å². The van der Waals surface area contributed by atoms with E-state index < -0.39 is 0 Å². The lowest BCUT2D eigenvalue weighted by Gasteiger charge is -2.09. The number of hydrogen-bond acceptors (Lipinski definition) is 2. The first-order valence-corrected chi connectivity index (χ1v) is 6.73. The molecule has 1 heterocycles. The monoisotopic (exact) mass is 290 g/mol. The van der Waals surface area contributed by atoms with Crippen LogP contribution >= 0.6 is 34.8 Å². The van der Waals surface area contributed by atoms with Gasteiger partial charge in [-0.25, -0.2) is 4.98 Å². The summed E-state index contributed by atoms with van der Waals surface area (Å²) in [6, 6.07) is 1.61. The minimum Gasteiger partial charge on any atom is -0.368 e. The fourth-order valence-corrected chi connectivity index (χ4v) is 2.44. The van der Waals surface area contributed by atoms with Crippen LogP contribution in [0.2, 0.25) is 15.2 Å². The SMILES string of the molecule is Clc1cc(Cl)c(NCCC2=CCCC2)nc1Cl. The van der Waals surface area contributed by atoms with E-state index >= 15 is 0 Å². The Bertz CT molecular complexity index is 444. The van der Waals surface area contributed by atoms with Gasteiger partial charge in [-0.3, -0.25) is 0 Å². The number of nitrogens with one attached hydrogen (secondary N) is 1. The van der Waals surface area contributed by atoms with Crippen LogP contribution in [0.4, 0.5) is 5.82 Å². The van der Waals surface area contributed by atoms with Crippen LogP contribution in [0.1, 0.15) is 25.7 Å². The second-order valence-electron chi connectivity index (χ2n) is 4.02. The zero-order valence-electron chi connectivity index (χ0n) is 9.27. The number of anilines is 1. The normalized spacial score (nSPS) is 14.9. The molecule has 92 valence electrons. The van der Waals surface area contributed by atoms with Crippen molar-refractivity contribution in [3.05, 3.63) is 32.9 Å². The van der Waals surface area contributed by atoms with Gasteiger partial charge in [0.05, 0.1) is 10.0 Å². The van der Waals surface area contributed by atoms with Crippen LogP contribution in [0.15, 0.2) is 17.7 Å². The Morgan fingerprint density at radius 3 is 2.76 bits per heavy atom. The molecule has 0 spiro atoms. The lowest BCUT2D eigenvalue weighted by Crippen LogP contribution is -2.04. The molecular weight excluding hydrogens is 279 g/mol. The van der Waals surface area contributed by atoms with Crippen molar-refractivity contribution < 1.29 is 0 Å². The van der Waals surface area contributed by atoms with Gasteiger partial charge in [-0.1, -0.05) is 46.5 Å². The number of pyridine rings is 1. The molecule has 0 fully saturated rings. The number of allylic oxidation sites excluding steroid dienone is 1. The van der Waals surface area contributed by atoms with Gasteiger partial charge < -0.3 is 5.32 Å². The van der Waals surface area contributed by atoms with Crippen LogP contribution in [0.25, 0.3) is 0 Å². The maximum absolute atomic E-state index is 6.01. The molecule has 1 aliphatic carbocycles. The van der Waals surface area contributed by atoms with Crippen molar-refractivity contribution in [1.29, 1.82) is 0 Å². The highest BCUT2D eigenvalue weighted by atomic mass is 35.5. The number of hydrogen-bond donors (Lipinski definition) is 1. The molecule has 1 aliphatic rings. The number of aromatic nitrogens is 1. The average molecular weight is 292 g/mol. The standard InChI is InChI=1S/C12H13Cl3N2/c13-9-7-10(14)12(17-11(9)15)16-6-5-8-3-1-2-4-8/h3,7H,1-2,4-6H2,(H,16,17). The van der Waals surface area contributed by atoms with Gasteiger partial charge in [-0.2, -0.15) is 0 Å². The molecule has 0 bridgehead atoms. The first-order chi connectivity index (χ1) is 8.16. The van der Waals surface area contributed by atoms with Gasteiger partial charge in [0.25, 0.3) is 0 Å². The van der Waals surface area contributed by atoms with Gasteiger partial charge in [0.15, 0.2) is 0 Å². The minimum absolute atomic E-state index is 0.277. The summed E-state index contributed by atoms with van der Waals surface area (Å²) in [6.07, 6.45) is 7.04. The summed E-state index contributed by atoms with van der Waals surface area (Å²) < 4.78 is 0. The predicted octanol–water partition coefficient (Wildman–Crippen LogP) is 4.95. The van der Waals surface area contributed by atoms with Gasteiger partial charge in [-0.05, 0) is 31.7 Å². The zero-order chi connectivity index (χ0) is 12.3. The van der Waals surface area contributed by atoms with Crippen LogP contribution in [-0.2, 0) is 0 Å². The second kappa shape index (κ2) is 5.94. The van der Waals surface area contributed by atoms with Crippen LogP contribution < -0.4 is 5.32 Å². The predicted molar refractivity (Wildman–Crippen MR) is 74.3 cm³/mol. The molecule has 0 aromatic carbocycles. The molecule has 1 aromatic heterocycles. The van der Waals surface area contributed by atoms with Gasteiger partial charge >= 0.3 is 0 Å². The molecule has 0 aliphatic heterocycles. The molecule has 0 atom stereocenters. The van der Waals surface area contributed by atoms with Crippen molar-refractivity contribution in [2.45, 2.75) is 25.7 Å². The molecule has 0 radical (unpaired) electrons. The molecule has 1 aromatic rings. The number of rotatable bonds is 4. The lowest BCUT2D eigenvalue weighted by molar-refractivity contribution is 0.862. The second-order valence-corrected chi connectivity index (χ2v) is 5.20. The first-order valence-electron chi connectivity index (χ1n) is 5.60. The van der Waals surface area contributed by atoms with Crippen molar-refractivity contribution in [2.75, 3.05) is 11.9 Å². The van der Waals surface area contributed by atoms with Crippen LogP contribution in [0, 0.1) is 0 Å². The van der Waals surface area contributed by atoms with E-state index in [9.17, 15) is 0 Å². The summed E-state index contributed by atoms with van der Waals surface area (Å²) >= 11 is 17.7. The van der Waals surface area contributed by atoms with E-state index in [1.54, 1.807) is 6.07 Å². The first kappa shape index (κ1) is 13.0. The van der Waals surface area contributed by atoms with E-state index in [0.29, 0.717) is 15.9 Å².